The summed E-state index contributed by atoms with van der Waals surface area (Å²) in [4.78, 5) is 4.13. The molecule has 1 aromatic heterocycles. The second-order valence-corrected chi connectivity index (χ2v) is 4.57. The lowest BCUT2D eigenvalue weighted by molar-refractivity contribution is 0.376. The maximum atomic E-state index is 9.02. The highest BCUT2D eigenvalue weighted by Gasteiger charge is 2.10. The molecule has 1 aromatic rings. The van der Waals surface area contributed by atoms with E-state index in [-0.39, 0.29) is 5.75 Å². The fourth-order valence-corrected chi connectivity index (χ4v) is 1.07. The first-order valence-electron chi connectivity index (χ1n) is 4.61. The second kappa shape index (κ2) is 3.77. The van der Waals surface area contributed by atoms with Crippen LogP contribution in [0, 0.1) is 5.41 Å². The van der Waals surface area contributed by atoms with Gasteiger partial charge < -0.3 is 5.11 Å². The zero-order chi connectivity index (χ0) is 9.90. The van der Waals surface area contributed by atoms with Crippen LogP contribution in [-0.2, 0) is 6.42 Å². The van der Waals surface area contributed by atoms with Crippen LogP contribution < -0.4 is 0 Å². The summed E-state index contributed by atoms with van der Waals surface area (Å²) in [5.74, 6) is 0.236. The summed E-state index contributed by atoms with van der Waals surface area (Å²) in [6.07, 6.45) is 3.59. The monoisotopic (exact) mass is 179 g/mol. The largest absolute Gasteiger partial charge is 0.506 e. The summed E-state index contributed by atoms with van der Waals surface area (Å²) >= 11 is 0. The lowest BCUT2D eigenvalue weighted by atomic mass is 9.90. The molecular weight excluding hydrogens is 162 g/mol. The quantitative estimate of drug-likeness (QED) is 0.757. The molecule has 0 aromatic carbocycles. The normalized spacial score (nSPS) is 11.6. The van der Waals surface area contributed by atoms with Crippen molar-refractivity contribution in [2.24, 2.45) is 5.41 Å². The Hall–Kier alpha value is -1.05. The molecule has 0 unspecified atom stereocenters. The Balaban J connectivity index is 2.51. The number of pyridine rings is 1. The number of aryl methyl sites for hydroxylation is 1. The second-order valence-electron chi connectivity index (χ2n) is 4.57. The van der Waals surface area contributed by atoms with Gasteiger partial charge in [-0.1, -0.05) is 20.8 Å². The van der Waals surface area contributed by atoms with E-state index in [0.29, 0.717) is 5.41 Å². The molecule has 72 valence electrons. The molecule has 1 heterocycles. The Morgan fingerprint density at radius 2 is 2.00 bits per heavy atom. The van der Waals surface area contributed by atoms with Gasteiger partial charge in [0.15, 0.2) is 0 Å². The highest BCUT2D eigenvalue weighted by atomic mass is 16.3. The van der Waals surface area contributed by atoms with Crippen LogP contribution in [0.4, 0.5) is 0 Å². The third-order valence-electron chi connectivity index (χ3n) is 1.94. The van der Waals surface area contributed by atoms with Gasteiger partial charge in [0.05, 0.1) is 6.20 Å². The van der Waals surface area contributed by atoms with Crippen molar-refractivity contribution in [1.82, 2.24) is 4.98 Å². The van der Waals surface area contributed by atoms with Crippen molar-refractivity contribution >= 4 is 0 Å². The van der Waals surface area contributed by atoms with Gasteiger partial charge in [-0.15, -0.1) is 0 Å². The molecule has 0 amide bonds. The molecular formula is C11H17NO. The Bertz CT molecular complexity index is 258. The number of aromatic nitrogens is 1. The van der Waals surface area contributed by atoms with E-state index < -0.39 is 0 Å². The summed E-state index contributed by atoms with van der Waals surface area (Å²) in [5, 5.41) is 9.02. The Kier molecular flexibility index (Phi) is 2.91. The van der Waals surface area contributed by atoms with E-state index in [9.17, 15) is 0 Å². The van der Waals surface area contributed by atoms with Gasteiger partial charge in [-0.25, -0.2) is 0 Å². The van der Waals surface area contributed by atoms with Gasteiger partial charge >= 0.3 is 0 Å². The highest BCUT2D eigenvalue weighted by Crippen LogP contribution is 2.21. The zero-order valence-corrected chi connectivity index (χ0v) is 8.54. The smallest absolute Gasteiger partial charge is 0.133 e. The van der Waals surface area contributed by atoms with Crippen LogP contribution in [0.2, 0.25) is 0 Å². The van der Waals surface area contributed by atoms with Crippen molar-refractivity contribution in [2.45, 2.75) is 33.6 Å². The number of hydrogen-bond donors (Lipinski definition) is 1. The molecule has 0 aliphatic carbocycles. The van der Waals surface area contributed by atoms with Crippen LogP contribution in [0.1, 0.15) is 32.9 Å². The number of hydrogen-bond acceptors (Lipinski definition) is 2. The molecule has 2 heteroatoms. The minimum absolute atomic E-state index is 0.236. The van der Waals surface area contributed by atoms with E-state index >= 15 is 0 Å². The van der Waals surface area contributed by atoms with Crippen LogP contribution in [-0.4, -0.2) is 10.1 Å². The van der Waals surface area contributed by atoms with Crippen LogP contribution in [0.15, 0.2) is 18.3 Å². The van der Waals surface area contributed by atoms with Crippen LogP contribution >= 0.6 is 0 Å². The van der Waals surface area contributed by atoms with Crippen LogP contribution in [0.25, 0.3) is 0 Å². The Morgan fingerprint density at radius 3 is 2.46 bits per heavy atom. The predicted molar refractivity (Wildman–Crippen MR) is 53.7 cm³/mol. The van der Waals surface area contributed by atoms with E-state index in [1.165, 1.54) is 6.20 Å². The average molecular weight is 179 g/mol. The minimum Gasteiger partial charge on any atom is -0.506 e. The van der Waals surface area contributed by atoms with Crippen molar-refractivity contribution in [2.75, 3.05) is 0 Å². The van der Waals surface area contributed by atoms with E-state index in [0.717, 1.165) is 18.5 Å². The summed E-state index contributed by atoms with van der Waals surface area (Å²) < 4.78 is 0. The molecule has 0 radical (unpaired) electrons. The van der Waals surface area contributed by atoms with Crippen molar-refractivity contribution in [3.05, 3.63) is 24.0 Å². The molecule has 0 saturated heterocycles. The lowest BCUT2D eigenvalue weighted by Gasteiger charge is -2.17. The summed E-state index contributed by atoms with van der Waals surface area (Å²) in [6.45, 7) is 6.65. The van der Waals surface area contributed by atoms with Crippen molar-refractivity contribution < 1.29 is 5.11 Å². The fourth-order valence-electron chi connectivity index (χ4n) is 1.07. The fraction of sp³-hybridized carbons (Fsp3) is 0.545. The van der Waals surface area contributed by atoms with Gasteiger partial charge in [-0.05, 0) is 30.4 Å². The molecule has 1 rings (SSSR count). The molecule has 2 nitrogen and oxygen atoms in total. The Labute approximate surface area is 79.6 Å². The predicted octanol–water partition coefficient (Wildman–Crippen LogP) is 2.77. The minimum atomic E-state index is 0.236. The number of rotatable bonds is 2. The van der Waals surface area contributed by atoms with Gasteiger partial charge in [0.2, 0.25) is 0 Å². The highest BCUT2D eigenvalue weighted by molar-refractivity contribution is 5.17. The van der Waals surface area contributed by atoms with Gasteiger partial charge in [0.25, 0.3) is 0 Å². The summed E-state index contributed by atoms with van der Waals surface area (Å²) in [5.41, 5.74) is 1.40. The van der Waals surface area contributed by atoms with E-state index in [1.54, 1.807) is 6.07 Å². The number of nitrogens with zero attached hydrogens (tertiary/aromatic N) is 1. The van der Waals surface area contributed by atoms with E-state index in [2.05, 4.69) is 25.8 Å². The third kappa shape index (κ3) is 3.92. The molecule has 0 spiro atoms. The van der Waals surface area contributed by atoms with E-state index in [1.807, 2.05) is 6.07 Å². The first kappa shape index (κ1) is 10.0. The van der Waals surface area contributed by atoms with Gasteiger partial charge in [-0.3, -0.25) is 4.98 Å². The maximum absolute atomic E-state index is 9.02. The molecule has 0 fully saturated rings. The molecule has 1 N–H and O–H groups in total. The molecule has 0 aliphatic heterocycles. The van der Waals surface area contributed by atoms with Gasteiger partial charge in [-0.2, -0.15) is 0 Å². The van der Waals surface area contributed by atoms with Crippen molar-refractivity contribution in [3.8, 4) is 5.75 Å². The third-order valence-corrected chi connectivity index (χ3v) is 1.94. The van der Waals surface area contributed by atoms with Crippen LogP contribution in [0.5, 0.6) is 5.75 Å². The van der Waals surface area contributed by atoms with Gasteiger partial charge in [0.1, 0.15) is 5.75 Å². The summed E-state index contributed by atoms with van der Waals surface area (Å²) in [6, 6.07) is 3.56. The van der Waals surface area contributed by atoms with Crippen molar-refractivity contribution in [3.63, 3.8) is 0 Å². The first-order chi connectivity index (χ1) is 5.97. The summed E-state index contributed by atoms with van der Waals surface area (Å²) in [7, 11) is 0. The molecule has 0 bridgehead atoms. The standard InChI is InChI=1S/C11H17NO/c1-11(2,3)7-6-9-4-5-10(13)8-12-9/h4-5,8,13H,6-7H2,1-3H3. The molecule has 13 heavy (non-hydrogen) atoms. The average Bonchev–Trinajstić information content (AvgIpc) is 2.02. The van der Waals surface area contributed by atoms with Gasteiger partial charge in [0, 0.05) is 5.69 Å². The maximum Gasteiger partial charge on any atom is 0.133 e. The molecule has 0 saturated carbocycles. The zero-order valence-electron chi connectivity index (χ0n) is 8.54. The number of aromatic hydroxyl groups is 1. The van der Waals surface area contributed by atoms with E-state index in [4.69, 9.17) is 5.11 Å². The molecule has 0 atom stereocenters. The lowest BCUT2D eigenvalue weighted by Crippen LogP contribution is -2.06. The van der Waals surface area contributed by atoms with Crippen molar-refractivity contribution in [1.29, 1.82) is 0 Å². The topological polar surface area (TPSA) is 33.1 Å². The SMILES string of the molecule is CC(C)(C)CCc1ccc(O)cn1. The Morgan fingerprint density at radius 1 is 1.31 bits per heavy atom. The molecule has 0 aliphatic rings. The van der Waals surface area contributed by atoms with Crippen LogP contribution in [0.3, 0.4) is 0 Å². The first-order valence-corrected chi connectivity index (χ1v) is 4.61.